The predicted octanol–water partition coefficient (Wildman–Crippen LogP) is 5.86. The first-order chi connectivity index (χ1) is 15.2. The standard InChI is InChI=1S/C27H32N2O3/c1-7-32-27(31)23-17(4)29(14-16(2)3)25-20-12-18-10-8-9-11-19(18)13-21(20)26(30)22(24(23)25)15-28(5)6/h8-13,16,30H,7,14-15H2,1-6H3. The van der Waals surface area contributed by atoms with Gasteiger partial charge < -0.3 is 19.3 Å². The highest BCUT2D eigenvalue weighted by Gasteiger charge is 2.28. The van der Waals surface area contributed by atoms with E-state index >= 15 is 0 Å². The largest absolute Gasteiger partial charge is 0.507 e. The molecule has 0 bridgehead atoms. The summed E-state index contributed by atoms with van der Waals surface area (Å²) < 4.78 is 7.71. The zero-order chi connectivity index (χ0) is 23.2. The van der Waals surface area contributed by atoms with Crippen LogP contribution < -0.4 is 0 Å². The van der Waals surface area contributed by atoms with Crippen LogP contribution in [0.1, 0.15) is 42.4 Å². The molecule has 0 aliphatic rings. The second kappa shape index (κ2) is 8.47. The molecule has 0 atom stereocenters. The van der Waals surface area contributed by atoms with E-state index in [9.17, 15) is 9.90 Å². The molecule has 0 spiro atoms. The Bertz CT molecular complexity index is 1330. The van der Waals surface area contributed by atoms with Crippen LogP contribution in [0.25, 0.3) is 32.4 Å². The summed E-state index contributed by atoms with van der Waals surface area (Å²) in [6.07, 6.45) is 0. The Morgan fingerprint density at radius 3 is 2.31 bits per heavy atom. The summed E-state index contributed by atoms with van der Waals surface area (Å²) in [5, 5.41) is 16.2. The maximum atomic E-state index is 13.1. The van der Waals surface area contributed by atoms with Gasteiger partial charge in [0, 0.05) is 40.5 Å². The molecule has 4 aromatic rings. The molecule has 5 nitrogen and oxygen atoms in total. The van der Waals surface area contributed by atoms with Gasteiger partial charge in [-0.1, -0.05) is 38.1 Å². The molecule has 3 aromatic carbocycles. The van der Waals surface area contributed by atoms with Crippen molar-refractivity contribution in [2.45, 2.75) is 40.8 Å². The van der Waals surface area contributed by atoms with Gasteiger partial charge in [0.05, 0.1) is 17.7 Å². The fourth-order valence-electron chi connectivity index (χ4n) is 4.74. The first-order valence-corrected chi connectivity index (χ1v) is 11.3. The Morgan fingerprint density at radius 2 is 1.75 bits per heavy atom. The van der Waals surface area contributed by atoms with Crippen LogP contribution in [0.15, 0.2) is 36.4 Å². The molecule has 0 amide bonds. The van der Waals surface area contributed by atoms with Crippen LogP contribution in [0.5, 0.6) is 5.75 Å². The normalized spacial score (nSPS) is 12.0. The van der Waals surface area contributed by atoms with E-state index in [1.807, 2.05) is 45.0 Å². The molecule has 0 aliphatic carbocycles. The number of aromatic nitrogens is 1. The van der Waals surface area contributed by atoms with Crippen molar-refractivity contribution < 1.29 is 14.6 Å². The molecular weight excluding hydrogens is 400 g/mol. The molecule has 0 saturated heterocycles. The smallest absolute Gasteiger partial charge is 0.340 e. The number of ether oxygens (including phenoxy) is 1. The van der Waals surface area contributed by atoms with Crippen molar-refractivity contribution in [2.24, 2.45) is 5.92 Å². The van der Waals surface area contributed by atoms with Crippen molar-refractivity contribution >= 4 is 38.4 Å². The third-order valence-electron chi connectivity index (χ3n) is 6.01. The molecule has 1 heterocycles. The number of esters is 1. The fraction of sp³-hybridized carbons (Fsp3) is 0.370. The lowest BCUT2D eigenvalue weighted by Crippen LogP contribution is -2.12. The monoisotopic (exact) mass is 432 g/mol. The highest BCUT2D eigenvalue weighted by Crippen LogP contribution is 2.43. The Hall–Kier alpha value is -3.05. The number of benzene rings is 3. The molecule has 0 radical (unpaired) electrons. The second-order valence-electron chi connectivity index (χ2n) is 9.22. The minimum absolute atomic E-state index is 0.235. The molecule has 5 heteroatoms. The van der Waals surface area contributed by atoms with Gasteiger partial charge in [0.15, 0.2) is 0 Å². The summed E-state index contributed by atoms with van der Waals surface area (Å²) in [7, 11) is 3.94. The molecule has 32 heavy (non-hydrogen) atoms. The van der Waals surface area contributed by atoms with Gasteiger partial charge >= 0.3 is 5.97 Å². The lowest BCUT2D eigenvalue weighted by Gasteiger charge is -2.18. The highest BCUT2D eigenvalue weighted by molar-refractivity contribution is 6.20. The van der Waals surface area contributed by atoms with E-state index in [0.29, 0.717) is 24.6 Å². The Labute approximate surface area is 189 Å². The van der Waals surface area contributed by atoms with Gasteiger partial charge in [-0.25, -0.2) is 4.79 Å². The number of hydrogen-bond acceptors (Lipinski definition) is 4. The van der Waals surface area contributed by atoms with Gasteiger partial charge in [-0.15, -0.1) is 0 Å². The van der Waals surface area contributed by atoms with Crippen molar-refractivity contribution in [1.29, 1.82) is 0 Å². The number of carbonyl (C=O) groups excluding carboxylic acids is 1. The third kappa shape index (κ3) is 3.61. The van der Waals surface area contributed by atoms with E-state index in [4.69, 9.17) is 4.74 Å². The molecule has 1 N–H and O–H groups in total. The minimum Gasteiger partial charge on any atom is -0.507 e. The second-order valence-corrected chi connectivity index (χ2v) is 9.22. The number of fused-ring (bicyclic) bond motifs is 4. The number of phenols is 1. The first-order valence-electron chi connectivity index (χ1n) is 11.3. The molecule has 0 aliphatic heterocycles. The van der Waals surface area contributed by atoms with E-state index in [-0.39, 0.29) is 11.7 Å². The highest BCUT2D eigenvalue weighted by atomic mass is 16.5. The van der Waals surface area contributed by atoms with E-state index < -0.39 is 0 Å². The van der Waals surface area contributed by atoms with E-state index in [1.54, 1.807) is 0 Å². The summed E-state index contributed by atoms with van der Waals surface area (Å²) >= 11 is 0. The van der Waals surface area contributed by atoms with Gasteiger partial charge in [0.1, 0.15) is 5.75 Å². The Kier molecular flexibility index (Phi) is 5.87. The van der Waals surface area contributed by atoms with Gasteiger partial charge in [-0.05, 0) is 56.8 Å². The summed E-state index contributed by atoms with van der Waals surface area (Å²) in [5.41, 5.74) is 3.20. The zero-order valence-corrected chi connectivity index (χ0v) is 19.8. The lowest BCUT2D eigenvalue weighted by atomic mass is 9.95. The number of nitrogens with zero attached hydrogens (tertiary/aromatic N) is 2. The minimum atomic E-state index is -0.336. The maximum absolute atomic E-state index is 13.1. The van der Waals surface area contributed by atoms with E-state index in [1.165, 1.54) is 0 Å². The van der Waals surface area contributed by atoms with E-state index in [2.05, 4.69) is 42.7 Å². The van der Waals surface area contributed by atoms with Gasteiger partial charge in [0.25, 0.3) is 0 Å². The van der Waals surface area contributed by atoms with Crippen LogP contribution in [0.4, 0.5) is 0 Å². The number of phenolic OH excluding ortho intramolecular Hbond substituents is 1. The fourth-order valence-corrected chi connectivity index (χ4v) is 4.74. The SMILES string of the molecule is CCOC(=O)c1c(C)n(CC(C)C)c2c1c(CN(C)C)c(O)c1cc3ccccc3cc12. The van der Waals surface area contributed by atoms with Crippen molar-refractivity contribution in [1.82, 2.24) is 9.47 Å². The van der Waals surface area contributed by atoms with Crippen LogP contribution >= 0.6 is 0 Å². The molecule has 0 saturated carbocycles. The third-order valence-corrected chi connectivity index (χ3v) is 6.01. The molecule has 0 unspecified atom stereocenters. The van der Waals surface area contributed by atoms with Crippen LogP contribution in [-0.2, 0) is 17.8 Å². The van der Waals surface area contributed by atoms with Crippen LogP contribution in [-0.4, -0.2) is 41.2 Å². The summed E-state index contributed by atoms with van der Waals surface area (Å²) in [4.78, 5) is 15.2. The van der Waals surface area contributed by atoms with Crippen molar-refractivity contribution in [3.05, 3.63) is 53.2 Å². The number of aromatic hydroxyl groups is 1. The Balaban J connectivity index is 2.26. The van der Waals surface area contributed by atoms with Gasteiger partial charge in [-0.3, -0.25) is 0 Å². The summed E-state index contributed by atoms with van der Waals surface area (Å²) in [6.45, 7) is 9.75. The molecule has 168 valence electrons. The van der Waals surface area contributed by atoms with Crippen molar-refractivity contribution in [3.63, 3.8) is 0 Å². The predicted molar refractivity (Wildman–Crippen MR) is 132 cm³/mol. The quantitative estimate of drug-likeness (QED) is 0.306. The van der Waals surface area contributed by atoms with Crippen LogP contribution in [0, 0.1) is 12.8 Å². The topological polar surface area (TPSA) is 54.7 Å². The molecule has 4 rings (SSSR count). The lowest BCUT2D eigenvalue weighted by molar-refractivity contribution is 0.0527. The number of hydrogen-bond donors (Lipinski definition) is 1. The average Bonchev–Trinajstić information content (AvgIpc) is 3.01. The van der Waals surface area contributed by atoms with Gasteiger partial charge in [0.2, 0.25) is 0 Å². The number of carbonyl (C=O) groups is 1. The summed E-state index contributed by atoms with van der Waals surface area (Å²) in [6, 6.07) is 12.4. The van der Waals surface area contributed by atoms with Crippen LogP contribution in [0.2, 0.25) is 0 Å². The number of rotatable bonds is 6. The molecule has 0 fully saturated rings. The van der Waals surface area contributed by atoms with Crippen molar-refractivity contribution in [2.75, 3.05) is 20.7 Å². The maximum Gasteiger partial charge on any atom is 0.340 e. The first kappa shape index (κ1) is 22.2. The Morgan fingerprint density at radius 1 is 1.12 bits per heavy atom. The molecule has 1 aromatic heterocycles. The summed E-state index contributed by atoms with van der Waals surface area (Å²) in [5.74, 6) is 0.289. The van der Waals surface area contributed by atoms with Crippen LogP contribution in [0.3, 0.4) is 0 Å². The average molecular weight is 433 g/mol. The molecular formula is C27H32N2O3. The van der Waals surface area contributed by atoms with E-state index in [0.717, 1.165) is 50.2 Å². The van der Waals surface area contributed by atoms with Crippen molar-refractivity contribution in [3.8, 4) is 5.75 Å². The van der Waals surface area contributed by atoms with Gasteiger partial charge in [-0.2, -0.15) is 0 Å². The zero-order valence-electron chi connectivity index (χ0n) is 19.8.